The van der Waals surface area contributed by atoms with E-state index in [1.165, 1.54) is 16.7 Å². The number of rotatable bonds is 2. The Morgan fingerprint density at radius 2 is 1.68 bits per heavy atom. The highest BCUT2D eigenvalue weighted by Gasteiger charge is 2.16. The SMILES string of the molecule is Clc1cc(C(Br)c2ccc3c(c2)COC3)ccc1Br. The Bertz CT molecular complexity index is 628. The molecule has 0 spiro atoms. The Balaban J connectivity index is 1.94. The van der Waals surface area contributed by atoms with Crippen LogP contribution in [0.2, 0.25) is 5.02 Å². The smallest absolute Gasteiger partial charge is 0.0725 e. The third-order valence-corrected chi connectivity index (χ3v) is 5.56. The van der Waals surface area contributed by atoms with Gasteiger partial charge in [-0.15, -0.1) is 0 Å². The topological polar surface area (TPSA) is 9.23 Å². The number of benzene rings is 2. The van der Waals surface area contributed by atoms with Gasteiger partial charge in [-0.3, -0.25) is 0 Å². The van der Waals surface area contributed by atoms with Crippen molar-refractivity contribution in [3.63, 3.8) is 0 Å². The van der Waals surface area contributed by atoms with E-state index in [9.17, 15) is 0 Å². The van der Waals surface area contributed by atoms with Crippen molar-refractivity contribution >= 4 is 43.5 Å². The minimum Gasteiger partial charge on any atom is -0.372 e. The molecule has 0 bridgehead atoms. The second-order valence-corrected chi connectivity index (χ2v) is 6.73. The molecule has 1 heterocycles. The highest BCUT2D eigenvalue weighted by Crippen LogP contribution is 2.36. The second-order valence-electron chi connectivity index (χ2n) is 4.56. The fourth-order valence-corrected chi connectivity index (χ4v) is 3.22. The van der Waals surface area contributed by atoms with E-state index in [0.29, 0.717) is 6.61 Å². The molecule has 0 amide bonds. The molecule has 4 heteroatoms. The summed E-state index contributed by atoms with van der Waals surface area (Å²) in [4.78, 5) is 0.143. The van der Waals surface area contributed by atoms with Crippen molar-refractivity contribution in [2.75, 3.05) is 0 Å². The highest BCUT2D eigenvalue weighted by molar-refractivity contribution is 9.10. The Labute approximate surface area is 134 Å². The van der Waals surface area contributed by atoms with Gasteiger partial charge in [-0.25, -0.2) is 0 Å². The molecular weight excluding hydrogens is 391 g/mol. The van der Waals surface area contributed by atoms with Gasteiger partial charge >= 0.3 is 0 Å². The van der Waals surface area contributed by atoms with Crippen LogP contribution in [0.25, 0.3) is 0 Å². The molecule has 2 aromatic carbocycles. The van der Waals surface area contributed by atoms with Gasteiger partial charge in [0.05, 0.1) is 23.1 Å². The number of hydrogen-bond acceptors (Lipinski definition) is 1. The average Bonchev–Trinajstić information content (AvgIpc) is 2.88. The zero-order valence-electron chi connectivity index (χ0n) is 10.00. The molecule has 0 saturated heterocycles. The summed E-state index contributed by atoms with van der Waals surface area (Å²) >= 11 is 13.3. The summed E-state index contributed by atoms with van der Waals surface area (Å²) in [6, 6.07) is 12.5. The lowest BCUT2D eigenvalue weighted by Gasteiger charge is -2.13. The standard InChI is InChI=1S/C15H11Br2ClO/c16-13-4-3-10(6-14(13)18)15(17)9-1-2-11-7-19-8-12(11)5-9/h1-6,15H,7-8H2. The van der Waals surface area contributed by atoms with Crippen molar-refractivity contribution in [2.45, 2.75) is 18.0 Å². The molecule has 1 atom stereocenters. The largest absolute Gasteiger partial charge is 0.372 e. The van der Waals surface area contributed by atoms with Crippen LogP contribution in [0.15, 0.2) is 40.9 Å². The van der Waals surface area contributed by atoms with E-state index >= 15 is 0 Å². The van der Waals surface area contributed by atoms with E-state index in [2.05, 4.69) is 56.1 Å². The van der Waals surface area contributed by atoms with Gasteiger partial charge in [-0.2, -0.15) is 0 Å². The lowest BCUT2D eigenvalue weighted by atomic mass is 10.0. The van der Waals surface area contributed by atoms with Crippen molar-refractivity contribution < 1.29 is 4.74 Å². The van der Waals surface area contributed by atoms with Crippen LogP contribution in [-0.2, 0) is 18.0 Å². The van der Waals surface area contributed by atoms with Crippen LogP contribution in [0.4, 0.5) is 0 Å². The fraction of sp³-hybridized carbons (Fsp3) is 0.200. The molecule has 0 N–H and O–H groups in total. The van der Waals surface area contributed by atoms with E-state index < -0.39 is 0 Å². The van der Waals surface area contributed by atoms with Gasteiger partial charge in [0.15, 0.2) is 0 Å². The van der Waals surface area contributed by atoms with E-state index in [1.54, 1.807) is 0 Å². The first-order valence-electron chi connectivity index (χ1n) is 5.93. The van der Waals surface area contributed by atoms with Crippen LogP contribution in [0.3, 0.4) is 0 Å². The van der Waals surface area contributed by atoms with Crippen LogP contribution in [0.1, 0.15) is 27.1 Å². The zero-order valence-corrected chi connectivity index (χ0v) is 13.9. The van der Waals surface area contributed by atoms with Crippen LogP contribution in [0.5, 0.6) is 0 Å². The van der Waals surface area contributed by atoms with Crippen molar-refractivity contribution in [1.82, 2.24) is 0 Å². The Hall–Kier alpha value is -0.350. The Morgan fingerprint density at radius 3 is 2.47 bits per heavy atom. The third kappa shape index (κ3) is 2.75. The molecule has 0 saturated carbocycles. The van der Waals surface area contributed by atoms with Gasteiger partial charge in [-0.1, -0.05) is 51.8 Å². The molecule has 1 nitrogen and oxygen atoms in total. The first kappa shape index (κ1) is 13.6. The quantitative estimate of drug-likeness (QED) is 0.593. The second kappa shape index (κ2) is 5.57. The predicted octanol–water partition coefficient (Wildman–Crippen LogP) is 5.62. The summed E-state index contributed by atoms with van der Waals surface area (Å²) in [7, 11) is 0. The molecule has 0 aromatic heterocycles. The first-order valence-corrected chi connectivity index (χ1v) is 8.02. The highest BCUT2D eigenvalue weighted by atomic mass is 79.9. The van der Waals surface area contributed by atoms with Crippen LogP contribution in [-0.4, -0.2) is 0 Å². The van der Waals surface area contributed by atoms with Crippen molar-refractivity contribution in [2.24, 2.45) is 0 Å². The van der Waals surface area contributed by atoms with Crippen LogP contribution >= 0.6 is 43.5 Å². The molecule has 1 aliphatic rings. The van der Waals surface area contributed by atoms with Crippen molar-refractivity contribution in [3.05, 3.63) is 68.1 Å². The number of fused-ring (bicyclic) bond motifs is 1. The van der Waals surface area contributed by atoms with Gasteiger partial charge in [-0.05, 0) is 50.3 Å². The average molecular weight is 403 g/mol. The predicted molar refractivity (Wildman–Crippen MR) is 84.9 cm³/mol. The summed E-state index contributed by atoms with van der Waals surface area (Å²) in [6.45, 7) is 1.44. The maximum absolute atomic E-state index is 6.15. The number of hydrogen-bond donors (Lipinski definition) is 0. The minimum absolute atomic E-state index is 0.143. The van der Waals surface area contributed by atoms with E-state index in [0.717, 1.165) is 21.7 Å². The summed E-state index contributed by atoms with van der Waals surface area (Å²) in [5.41, 5.74) is 4.94. The summed E-state index contributed by atoms with van der Waals surface area (Å²) in [5, 5.41) is 0.728. The van der Waals surface area contributed by atoms with E-state index in [4.69, 9.17) is 16.3 Å². The van der Waals surface area contributed by atoms with Crippen molar-refractivity contribution in [1.29, 1.82) is 0 Å². The minimum atomic E-state index is 0.143. The van der Waals surface area contributed by atoms with Gasteiger partial charge in [0.1, 0.15) is 0 Å². The van der Waals surface area contributed by atoms with Crippen molar-refractivity contribution in [3.8, 4) is 0 Å². The molecule has 1 unspecified atom stereocenters. The lowest BCUT2D eigenvalue weighted by molar-refractivity contribution is 0.134. The van der Waals surface area contributed by atoms with Gasteiger partial charge in [0.25, 0.3) is 0 Å². The fourth-order valence-electron chi connectivity index (χ4n) is 2.21. The van der Waals surface area contributed by atoms with E-state index in [-0.39, 0.29) is 4.83 Å². The molecule has 3 rings (SSSR count). The Kier molecular flexibility index (Phi) is 3.99. The summed E-state index contributed by atoms with van der Waals surface area (Å²) in [5.74, 6) is 0. The molecular formula is C15H11Br2ClO. The summed E-state index contributed by atoms with van der Waals surface area (Å²) in [6.07, 6.45) is 0. The summed E-state index contributed by atoms with van der Waals surface area (Å²) < 4.78 is 6.36. The molecule has 98 valence electrons. The molecule has 0 fully saturated rings. The van der Waals surface area contributed by atoms with Gasteiger partial charge in [0.2, 0.25) is 0 Å². The maximum Gasteiger partial charge on any atom is 0.0725 e. The molecule has 19 heavy (non-hydrogen) atoms. The monoisotopic (exact) mass is 400 g/mol. The lowest BCUT2D eigenvalue weighted by Crippen LogP contribution is -1.95. The van der Waals surface area contributed by atoms with Crippen LogP contribution in [0, 0.1) is 0 Å². The normalized spacial score (nSPS) is 15.3. The van der Waals surface area contributed by atoms with Gasteiger partial charge < -0.3 is 4.74 Å². The van der Waals surface area contributed by atoms with E-state index in [1.807, 2.05) is 12.1 Å². The molecule has 2 aromatic rings. The number of alkyl halides is 1. The molecule has 0 aliphatic carbocycles. The molecule has 0 radical (unpaired) electrons. The third-order valence-electron chi connectivity index (χ3n) is 3.27. The van der Waals surface area contributed by atoms with Crippen LogP contribution < -0.4 is 0 Å². The van der Waals surface area contributed by atoms with Gasteiger partial charge in [0, 0.05) is 4.47 Å². The number of halogens is 3. The molecule has 1 aliphatic heterocycles. The first-order chi connectivity index (χ1) is 9.15. The number of ether oxygens (including phenoxy) is 1. The Morgan fingerprint density at radius 1 is 1.00 bits per heavy atom. The zero-order chi connectivity index (χ0) is 13.4. The maximum atomic E-state index is 6.15.